The molecule has 0 aliphatic heterocycles. The molecule has 2 amide bonds. The van der Waals surface area contributed by atoms with E-state index in [4.69, 9.17) is 0 Å². The van der Waals surface area contributed by atoms with Crippen LogP contribution in [0.3, 0.4) is 0 Å². The van der Waals surface area contributed by atoms with Gasteiger partial charge in [-0.25, -0.2) is 4.79 Å². The summed E-state index contributed by atoms with van der Waals surface area (Å²) in [5.74, 6) is -1.99. The number of hydrogen-bond acceptors (Lipinski definition) is 5. The Hall–Kier alpha value is -2.34. The maximum atomic E-state index is 12.3. The number of carbonyl (C=O) groups is 3. The van der Waals surface area contributed by atoms with Crippen molar-refractivity contribution in [3.05, 3.63) is 65.2 Å². The van der Waals surface area contributed by atoms with Crippen LogP contribution in [-0.4, -0.2) is 47.1 Å². The van der Waals surface area contributed by atoms with E-state index in [1.807, 2.05) is 6.92 Å². The average Bonchev–Trinajstić information content (AvgIpc) is 2.71. The number of aliphatic carboxylic acids is 1. The van der Waals surface area contributed by atoms with Gasteiger partial charge < -0.3 is 31.0 Å². The number of phenols is 1. The zero-order valence-electron chi connectivity index (χ0n) is 16.6. The zero-order chi connectivity index (χ0) is 21.2. The second-order valence-electron chi connectivity index (χ2n) is 6.41. The van der Waals surface area contributed by atoms with E-state index in [1.165, 1.54) is 18.2 Å². The van der Waals surface area contributed by atoms with Gasteiger partial charge in [0.15, 0.2) is 5.91 Å². The molecule has 0 aromatic heterocycles. The Morgan fingerprint density at radius 2 is 1.90 bits per heavy atom. The van der Waals surface area contributed by atoms with Crippen molar-refractivity contribution in [1.29, 1.82) is 0 Å². The molecule has 1 atom stereocenters. The topological polar surface area (TPSA) is 128 Å². The summed E-state index contributed by atoms with van der Waals surface area (Å²) in [5, 5.41) is 26.8. The van der Waals surface area contributed by atoms with Crippen LogP contribution in [0.15, 0.2) is 42.5 Å². The first-order chi connectivity index (χ1) is 13.9. The summed E-state index contributed by atoms with van der Waals surface area (Å²) in [7, 11) is 0. The molecule has 0 bridgehead atoms. The molecule has 2 aromatic rings. The second-order valence-corrected chi connectivity index (χ2v) is 6.41. The van der Waals surface area contributed by atoms with Crippen molar-refractivity contribution in [2.75, 3.05) is 13.1 Å². The van der Waals surface area contributed by atoms with E-state index in [1.54, 1.807) is 24.3 Å². The van der Waals surface area contributed by atoms with Crippen LogP contribution in [0.5, 0.6) is 5.75 Å². The summed E-state index contributed by atoms with van der Waals surface area (Å²) in [5.41, 5.74) is 1.26. The van der Waals surface area contributed by atoms with Gasteiger partial charge in [0.2, 0.25) is 0 Å². The van der Waals surface area contributed by atoms with Crippen LogP contribution in [0.4, 0.5) is 0 Å². The summed E-state index contributed by atoms with van der Waals surface area (Å²) < 4.78 is 0. The number of amides is 2. The molecule has 0 saturated carbocycles. The largest absolute Gasteiger partial charge is 0.508 e. The number of phenolic OH excluding ortho intramolecular Hbond substituents is 1. The third kappa shape index (κ3) is 8.19. The summed E-state index contributed by atoms with van der Waals surface area (Å²) in [4.78, 5) is 35.6. The van der Waals surface area contributed by atoms with E-state index in [-0.39, 0.29) is 61.4 Å². The Labute approximate surface area is 198 Å². The second kappa shape index (κ2) is 13.1. The molecule has 0 aliphatic rings. The van der Waals surface area contributed by atoms with Crippen molar-refractivity contribution in [3.8, 4) is 5.75 Å². The van der Waals surface area contributed by atoms with Crippen molar-refractivity contribution in [2.45, 2.75) is 25.9 Å². The number of carboxylic acids is 1. The molecule has 0 aliphatic carbocycles. The van der Waals surface area contributed by atoms with Gasteiger partial charge in [0.05, 0.1) is 0 Å². The Morgan fingerprint density at radius 3 is 2.50 bits per heavy atom. The predicted octanol–water partition coefficient (Wildman–Crippen LogP) is 1.30. The molecule has 2 aromatic carbocycles. The third-order valence-electron chi connectivity index (χ3n) is 4.06. The average molecular weight is 636 g/mol. The van der Waals surface area contributed by atoms with Gasteiger partial charge in [-0.05, 0) is 31.2 Å². The van der Waals surface area contributed by atoms with E-state index in [0.717, 1.165) is 12.0 Å². The molecule has 30 heavy (non-hydrogen) atoms. The van der Waals surface area contributed by atoms with E-state index < -0.39 is 17.9 Å². The SMILES string of the molecule is CCCNC[C@H](NC(=O)c1[c-]cc(CNC(=O)c2cccc(O)c2)cc1)C(=O)O.[U]. The van der Waals surface area contributed by atoms with Gasteiger partial charge in [-0.15, -0.1) is 29.8 Å². The normalized spacial score (nSPS) is 11.1. The van der Waals surface area contributed by atoms with Gasteiger partial charge >= 0.3 is 5.97 Å². The number of rotatable bonds is 10. The minimum Gasteiger partial charge on any atom is -0.508 e. The maximum absolute atomic E-state index is 12.3. The van der Waals surface area contributed by atoms with Gasteiger partial charge in [-0.1, -0.05) is 18.6 Å². The molecule has 0 unspecified atom stereocenters. The fraction of sp³-hybridized carbons (Fsp3) is 0.286. The van der Waals surface area contributed by atoms with Crippen LogP contribution in [0, 0.1) is 37.2 Å². The van der Waals surface area contributed by atoms with Crippen molar-refractivity contribution < 1.29 is 55.7 Å². The van der Waals surface area contributed by atoms with Crippen molar-refractivity contribution in [3.63, 3.8) is 0 Å². The number of carbonyl (C=O) groups excluding carboxylic acids is 2. The van der Waals surface area contributed by atoms with Gasteiger partial charge in [-0.2, -0.15) is 0 Å². The number of hydrogen-bond donors (Lipinski definition) is 5. The summed E-state index contributed by atoms with van der Waals surface area (Å²) in [6, 6.07) is 12.5. The molecule has 0 spiro atoms. The van der Waals surface area contributed by atoms with Crippen LogP contribution in [0.1, 0.15) is 39.6 Å². The summed E-state index contributed by atoms with van der Waals surface area (Å²) in [6.45, 7) is 2.97. The minimum atomic E-state index is -1.12. The van der Waals surface area contributed by atoms with E-state index in [0.29, 0.717) is 12.1 Å². The molecule has 5 N–H and O–H groups in total. The van der Waals surface area contributed by atoms with E-state index >= 15 is 0 Å². The van der Waals surface area contributed by atoms with Gasteiger partial charge in [0.25, 0.3) is 5.91 Å². The van der Waals surface area contributed by atoms with E-state index in [9.17, 15) is 24.6 Å². The van der Waals surface area contributed by atoms with Crippen LogP contribution >= 0.6 is 0 Å². The summed E-state index contributed by atoms with van der Waals surface area (Å²) in [6.07, 6.45) is 0.859. The monoisotopic (exact) mass is 636 g/mol. The van der Waals surface area contributed by atoms with E-state index in [2.05, 4.69) is 22.0 Å². The molecule has 8 nitrogen and oxygen atoms in total. The van der Waals surface area contributed by atoms with Gasteiger partial charge in [0.1, 0.15) is 11.8 Å². The fourth-order valence-corrected chi connectivity index (χ4v) is 2.50. The number of carboxylic acid groups (broad SMARTS) is 1. The molecular weight excluding hydrogens is 612 g/mol. The van der Waals surface area contributed by atoms with Crippen LogP contribution in [0.2, 0.25) is 0 Å². The van der Waals surface area contributed by atoms with Crippen LogP contribution in [-0.2, 0) is 11.3 Å². The molecule has 158 valence electrons. The Balaban J connectivity index is 0.00000450. The van der Waals surface area contributed by atoms with Crippen LogP contribution < -0.4 is 16.0 Å². The molecule has 2 rings (SSSR count). The third-order valence-corrected chi connectivity index (χ3v) is 4.06. The van der Waals surface area contributed by atoms with Crippen molar-refractivity contribution in [2.24, 2.45) is 0 Å². The standard InChI is InChI=1S/C21H24N3O5.U/c1-2-10-22-13-18(21(28)29)24-20(27)15-8-6-14(7-9-15)12-23-19(26)16-4-3-5-17(25)11-16;/h3-8,11,18,22,25H,2,10,12-13H2,1H3,(H,23,26)(H,24,27)(H,28,29);/q-1;/t18-;/m0./s1. The molecule has 0 saturated heterocycles. The first-order valence-electron chi connectivity index (χ1n) is 9.23. The molecular formula is C21H24N3O5U-. The fourth-order valence-electron chi connectivity index (χ4n) is 2.50. The number of nitrogens with one attached hydrogen (secondary N) is 3. The maximum Gasteiger partial charge on any atom is 0.326 e. The first kappa shape index (κ1) is 25.7. The summed E-state index contributed by atoms with van der Waals surface area (Å²) >= 11 is 0. The quantitative estimate of drug-likeness (QED) is 0.198. The molecule has 9 heteroatoms. The van der Waals surface area contributed by atoms with Gasteiger partial charge in [0, 0.05) is 49.8 Å². The Kier molecular flexibility index (Phi) is 11.2. The van der Waals surface area contributed by atoms with Gasteiger partial charge in [-0.3, -0.25) is 4.79 Å². The van der Waals surface area contributed by atoms with Crippen molar-refractivity contribution >= 4 is 17.8 Å². The Morgan fingerprint density at radius 1 is 1.13 bits per heavy atom. The van der Waals surface area contributed by atoms with Crippen LogP contribution in [0.25, 0.3) is 0 Å². The van der Waals surface area contributed by atoms with Crippen molar-refractivity contribution in [1.82, 2.24) is 16.0 Å². The predicted molar refractivity (Wildman–Crippen MR) is 107 cm³/mol. The number of aromatic hydroxyl groups is 1. The molecule has 0 heterocycles. The smallest absolute Gasteiger partial charge is 0.326 e. The minimum absolute atomic E-state index is 0. The first-order valence-corrected chi connectivity index (χ1v) is 9.23. The number of benzene rings is 2. The molecule has 0 radical (unpaired) electrons. The molecule has 0 fully saturated rings. The Bertz CT molecular complexity index is 858. The zero-order valence-corrected chi connectivity index (χ0v) is 20.7.